The van der Waals surface area contributed by atoms with E-state index in [1.165, 1.54) is 193 Å². The molecular weight excluding hydrogens is 667 g/mol. The molecule has 4 N–H and O–H groups in total. The van der Waals surface area contributed by atoms with E-state index in [-0.39, 0.29) is 18.9 Å². The molecule has 0 spiro atoms. The number of rotatable bonds is 44. The van der Waals surface area contributed by atoms with Crippen LogP contribution in [0.1, 0.15) is 258 Å². The van der Waals surface area contributed by atoms with Crippen molar-refractivity contribution in [1.82, 2.24) is 5.32 Å². The lowest BCUT2D eigenvalue weighted by Gasteiger charge is -2.21. The van der Waals surface area contributed by atoms with Crippen molar-refractivity contribution in [1.29, 1.82) is 0 Å². The molecule has 0 aliphatic rings. The van der Waals surface area contributed by atoms with E-state index in [0.717, 1.165) is 38.5 Å². The number of hydrogen-bond acceptors (Lipinski definition) is 4. The van der Waals surface area contributed by atoms with Crippen molar-refractivity contribution < 1.29 is 20.1 Å². The number of hydrogen-bond donors (Lipinski definition) is 4. The van der Waals surface area contributed by atoms with Gasteiger partial charge in [-0.15, -0.1) is 0 Å². The van der Waals surface area contributed by atoms with E-state index in [1.54, 1.807) is 6.08 Å². The van der Waals surface area contributed by atoms with Gasteiger partial charge in [0.1, 0.15) is 0 Å². The Morgan fingerprint density at radius 3 is 1.13 bits per heavy atom. The van der Waals surface area contributed by atoms with E-state index in [9.17, 15) is 20.1 Å². The van der Waals surface area contributed by atoms with Gasteiger partial charge in [-0.2, -0.15) is 0 Å². The highest BCUT2D eigenvalue weighted by Crippen LogP contribution is 2.16. The molecule has 0 fully saturated rings. The highest BCUT2D eigenvalue weighted by Gasteiger charge is 2.20. The maximum absolute atomic E-state index is 12.4. The monoisotopic (exact) mass is 762 g/mol. The van der Waals surface area contributed by atoms with Crippen LogP contribution in [0.25, 0.3) is 0 Å². The molecule has 1 amide bonds. The topological polar surface area (TPSA) is 89.8 Å². The largest absolute Gasteiger partial charge is 0.394 e. The smallest absolute Gasteiger partial charge is 0.222 e. The Hall–Kier alpha value is -1.17. The number of amides is 1. The van der Waals surface area contributed by atoms with Crippen LogP contribution in [0.2, 0.25) is 0 Å². The van der Waals surface area contributed by atoms with Gasteiger partial charge in [-0.25, -0.2) is 0 Å². The van der Waals surface area contributed by atoms with Crippen molar-refractivity contribution in [2.45, 2.75) is 276 Å². The van der Waals surface area contributed by atoms with E-state index < -0.39 is 18.2 Å². The third kappa shape index (κ3) is 40.5. The molecule has 0 heterocycles. The molecule has 320 valence electrons. The number of nitrogens with one attached hydrogen (secondary N) is 1. The van der Waals surface area contributed by atoms with E-state index >= 15 is 0 Å². The first-order valence-corrected chi connectivity index (χ1v) is 24.1. The summed E-state index contributed by atoms with van der Waals surface area (Å²) in [4.78, 5) is 12.4. The fourth-order valence-corrected chi connectivity index (χ4v) is 7.51. The van der Waals surface area contributed by atoms with Gasteiger partial charge in [0.2, 0.25) is 5.91 Å². The lowest BCUT2D eigenvalue weighted by Crippen LogP contribution is -2.45. The lowest BCUT2D eigenvalue weighted by molar-refractivity contribution is -0.124. The van der Waals surface area contributed by atoms with Crippen molar-refractivity contribution in [2.24, 2.45) is 0 Å². The molecular formula is C49H95NO4. The van der Waals surface area contributed by atoms with E-state index in [2.05, 4.69) is 31.3 Å². The minimum Gasteiger partial charge on any atom is -0.394 e. The van der Waals surface area contributed by atoms with Crippen LogP contribution in [-0.4, -0.2) is 46.1 Å². The zero-order valence-electron chi connectivity index (χ0n) is 36.4. The molecule has 3 atom stereocenters. The second-order valence-corrected chi connectivity index (χ2v) is 16.7. The Labute approximate surface area is 337 Å². The van der Waals surface area contributed by atoms with Crippen LogP contribution in [0.5, 0.6) is 0 Å². The Morgan fingerprint density at radius 1 is 0.463 bits per heavy atom. The van der Waals surface area contributed by atoms with Crippen LogP contribution < -0.4 is 5.32 Å². The molecule has 5 nitrogen and oxygen atoms in total. The molecule has 0 radical (unpaired) electrons. The van der Waals surface area contributed by atoms with E-state index in [0.29, 0.717) is 6.42 Å². The number of carbonyl (C=O) groups is 1. The Bertz CT molecular complexity index is 799. The van der Waals surface area contributed by atoms with Gasteiger partial charge in [0.15, 0.2) is 0 Å². The quantitative estimate of drug-likeness (QED) is 0.0368. The van der Waals surface area contributed by atoms with Crippen LogP contribution in [0.3, 0.4) is 0 Å². The van der Waals surface area contributed by atoms with Crippen LogP contribution in [0.4, 0.5) is 0 Å². The third-order valence-corrected chi connectivity index (χ3v) is 11.2. The molecule has 0 saturated carbocycles. The van der Waals surface area contributed by atoms with Gasteiger partial charge in [-0.1, -0.05) is 231 Å². The molecule has 0 aliphatic carbocycles. The maximum Gasteiger partial charge on any atom is 0.222 e. The molecule has 0 aromatic heterocycles. The number of aliphatic hydroxyl groups excluding tert-OH is 3. The lowest BCUT2D eigenvalue weighted by atomic mass is 10.0. The third-order valence-electron chi connectivity index (χ3n) is 11.2. The van der Waals surface area contributed by atoms with E-state index in [4.69, 9.17) is 0 Å². The summed E-state index contributed by atoms with van der Waals surface area (Å²) in [5, 5.41) is 33.3. The summed E-state index contributed by atoms with van der Waals surface area (Å²) in [6.45, 7) is 4.22. The van der Waals surface area contributed by atoms with Gasteiger partial charge >= 0.3 is 0 Å². The molecule has 5 heteroatoms. The minimum absolute atomic E-state index is 0.00475. The Morgan fingerprint density at radius 2 is 0.778 bits per heavy atom. The normalized spacial score (nSPS) is 13.6. The molecule has 0 bridgehead atoms. The second kappa shape index (κ2) is 44.5. The first kappa shape index (κ1) is 52.8. The predicted octanol–water partition coefficient (Wildman–Crippen LogP) is 14.2. The maximum atomic E-state index is 12.4. The Kier molecular flexibility index (Phi) is 43.6. The van der Waals surface area contributed by atoms with Gasteiger partial charge in [0, 0.05) is 0 Å². The van der Waals surface area contributed by atoms with Crippen LogP contribution >= 0.6 is 0 Å². The SMILES string of the molecule is CCCCCCCCC/C=C\CCCCCC(O)CC(=O)NC(CO)C(O)/C=C/CCCCCCCCCCCCCCCCCCCCCCCCC. The minimum atomic E-state index is -0.931. The predicted molar refractivity (Wildman–Crippen MR) is 236 cm³/mol. The average molecular weight is 762 g/mol. The number of allylic oxidation sites excluding steroid dienone is 3. The van der Waals surface area contributed by atoms with Gasteiger partial charge in [0.05, 0.1) is 31.3 Å². The summed E-state index contributed by atoms with van der Waals surface area (Å²) in [5.41, 5.74) is 0. The first-order valence-electron chi connectivity index (χ1n) is 24.1. The van der Waals surface area contributed by atoms with Crippen LogP contribution in [0.15, 0.2) is 24.3 Å². The molecule has 0 aromatic rings. The van der Waals surface area contributed by atoms with E-state index in [1.807, 2.05) is 6.08 Å². The van der Waals surface area contributed by atoms with Gasteiger partial charge in [-0.05, 0) is 44.9 Å². The van der Waals surface area contributed by atoms with Gasteiger partial charge in [0.25, 0.3) is 0 Å². The number of unbranched alkanes of at least 4 members (excludes halogenated alkanes) is 33. The highest BCUT2D eigenvalue weighted by atomic mass is 16.3. The van der Waals surface area contributed by atoms with Gasteiger partial charge in [-0.3, -0.25) is 4.79 Å². The standard InChI is InChI=1S/C49H95NO4/c1-3-5-7-9-11-13-15-17-19-20-21-22-23-24-25-26-27-28-29-31-33-35-37-39-41-43-48(53)47(45-51)50-49(54)44-46(52)42-40-38-36-34-32-30-18-16-14-12-10-8-6-4-2/h30,32,41,43,46-48,51-53H,3-29,31,33-40,42,44-45H2,1-2H3,(H,50,54)/b32-30-,43-41+. The van der Waals surface area contributed by atoms with Crippen LogP contribution in [-0.2, 0) is 4.79 Å². The summed E-state index contributed by atoms with van der Waals surface area (Å²) in [6, 6.07) is -0.747. The molecule has 0 aliphatic heterocycles. The molecule has 0 saturated heterocycles. The summed E-state index contributed by atoms with van der Waals surface area (Å²) in [6.07, 6.45) is 54.8. The van der Waals surface area contributed by atoms with Crippen LogP contribution in [0, 0.1) is 0 Å². The summed E-state index contributed by atoms with van der Waals surface area (Å²) < 4.78 is 0. The fraction of sp³-hybridized carbons (Fsp3) is 0.898. The van der Waals surface area contributed by atoms with Crippen molar-refractivity contribution in [3.05, 3.63) is 24.3 Å². The van der Waals surface area contributed by atoms with Gasteiger partial charge < -0.3 is 20.6 Å². The van der Waals surface area contributed by atoms with Crippen molar-refractivity contribution in [3.63, 3.8) is 0 Å². The van der Waals surface area contributed by atoms with Crippen molar-refractivity contribution in [3.8, 4) is 0 Å². The number of carbonyl (C=O) groups excluding carboxylic acids is 1. The second-order valence-electron chi connectivity index (χ2n) is 16.7. The van der Waals surface area contributed by atoms with Crippen molar-refractivity contribution >= 4 is 5.91 Å². The molecule has 0 rings (SSSR count). The zero-order valence-corrected chi connectivity index (χ0v) is 36.4. The first-order chi connectivity index (χ1) is 26.5. The summed E-state index contributed by atoms with van der Waals surface area (Å²) >= 11 is 0. The number of aliphatic hydroxyl groups is 3. The summed E-state index contributed by atoms with van der Waals surface area (Å²) in [5.74, 6) is -0.322. The summed E-state index contributed by atoms with van der Waals surface area (Å²) in [7, 11) is 0. The highest BCUT2D eigenvalue weighted by molar-refractivity contribution is 5.76. The average Bonchev–Trinajstić information content (AvgIpc) is 3.16. The zero-order chi connectivity index (χ0) is 39.4. The Balaban J connectivity index is 3.60. The molecule has 54 heavy (non-hydrogen) atoms. The van der Waals surface area contributed by atoms with Crippen molar-refractivity contribution in [2.75, 3.05) is 6.61 Å². The molecule has 0 aromatic carbocycles. The fourth-order valence-electron chi connectivity index (χ4n) is 7.51. The molecule has 3 unspecified atom stereocenters.